The molecule has 0 unspecified atom stereocenters. The van der Waals surface area contributed by atoms with Crippen molar-refractivity contribution >= 4 is 11.7 Å². The summed E-state index contributed by atoms with van der Waals surface area (Å²) in [6.07, 6.45) is 2.16. The maximum atomic E-state index is 12.2. The quantitative estimate of drug-likeness (QED) is 0.869. The molecule has 0 saturated carbocycles. The molecule has 1 aliphatic rings. The second kappa shape index (κ2) is 6.56. The van der Waals surface area contributed by atoms with E-state index in [0.717, 1.165) is 38.3 Å². The van der Waals surface area contributed by atoms with Crippen LogP contribution in [-0.4, -0.2) is 41.1 Å². The molecule has 2 heterocycles. The molecule has 3 rings (SSSR count). The monoisotopic (exact) mass is 296 g/mol. The molecule has 0 spiro atoms. The van der Waals surface area contributed by atoms with Gasteiger partial charge < -0.3 is 9.80 Å². The van der Waals surface area contributed by atoms with Gasteiger partial charge in [0.1, 0.15) is 0 Å². The number of hydrogen-bond donors (Lipinski definition) is 0. The summed E-state index contributed by atoms with van der Waals surface area (Å²) in [6.45, 7) is 2.42. The summed E-state index contributed by atoms with van der Waals surface area (Å²) in [4.78, 5) is 16.1. The van der Waals surface area contributed by atoms with Crippen LogP contribution < -0.4 is 4.90 Å². The Morgan fingerprint density at radius 1 is 1.09 bits per heavy atom. The fourth-order valence-corrected chi connectivity index (χ4v) is 2.66. The van der Waals surface area contributed by atoms with Gasteiger partial charge in [0.15, 0.2) is 11.5 Å². The average molecular weight is 296 g/mol. The normalized spacial score (nSPS) is 14.1. The summed E-state index contributed by atoms with van der Waals surface area (Å²) in [6, 6.07) is 13.8. The standard InChI is InChI=1S/C17H20N4O/c1-20(13-14-7-3-2-4-8-14)16-10-9-15(18-19-16)17(22)21-11-5-6-12-21/h2-4,7-10H,5-6,11-13H2,1H3. The van der Waals surface area contributed by atoms with Crippen molar-refractivity contribution in [1.82, 2.24) is 15.1 Å². The third-order valence-corrected chi connectivity index (χ3v) is 3.92. The number of aromatic nitrogens is 2. The summed E-state index contributed by atoms with van der Waals surface area (Å²) in [7, 11) is 1.97. The second-order valence-corrected chi connectivity index (χ2v) is 5.62. The van der Waals surface area contributed by atoms with Crippen LogP contribution in [0.5, 0.6) is 0 Å². The van der Waals surface area contributed by atoms with E-state index in [-0.39, 0.29) is 5.91 Å². The molecule has 5 heteroatoms. The molecule has 0 atom stereocenters. The van der Waals surface area contributed by atoms with E-state index in [1.165, 1.54) is 5.56 Å². The van der Waals surface area contributed by atoms with Gasteiger partial charge in [-0.3, -0.25) is 4.79 Å². The molecule has 1 fully saturated rings. The number of carbonyl (C=O) groups excluding carboxylic acids is 1. The molecule has 1 aliphatic heterocycles. The number of benzene rings is 1. The highest BCUT2D eigenvalue weighted by atomic mass is 16.2. The predicted molar refractivity (Wildman–Crippen MR) is 85.7 cm³/mol. The maximum absolute atomic E-state index is 12.2. The minimum Gasteiger partial charge on any atom is -0.354 e. The molecule has 0 radical (unpaired) electrons. The summed E-state index contributed by atoms with van der Waals surface area (Å²) in [5, 5.41) is 8.30. The van der Waals surface area contributed by atoms with Crippen molar-refractivity contribution in [3.63, 3.8) is 0 Å². The van der Waals surface area contributed by atoms with Gasteiger partial charge in [0, 0.05) is 26.7 Å². The number of anilines is 1. The molecular weight excluding hydrogens is 276 g/mol. The van der Waals surface area contributed by atoms with Gasteiger partial charge in [-0.25, -0.2) is 0 Å². The zero-order valence-electron chi connectivity index (χ0n) is 12.8. The molecule has 22 heavy (non-hydrogen) atoms. The Hall–Kier alpha value is -2.43. The first-order chi connectivity index (χ1) is 10.7. The van der Waals surface area contributed by atoms with Gasteiger partial charge in [-0.2, -0.15) is 0 Å². The number of hydrogen-bond acceptors (Lipinski definition) is 4. The molecule has 0 N–H and O–H groups in total. The lowest BCUT2D eigenvalue weighted by Gasteiger charge is -2.18. The van der Waals surface area contributed by atoms with Crippen LogP contribution >= 0.6 is 0 Å². The highest BCUT2D eigenvalue weighted by Crippen LogP contribution is 2.14. The molecule has 1 aromatic heterocycles. The van der Waals surface area contributed by atoms with Gasteiger partial charge in [-0.05, 0) is 30.5 Å². The smallest absolute Gasteiger partial charge is 0.274 e. The summed E-state index contributed by atoms with van der Waals surface area (Å²) < 4.78 is 0. The largest absolute Gasteiger partial charge is 0.354 e. The Labute approximate surface area is 130 Å². The number of amides is 1. The molecule has 114 valence electrons. The molecule has 2 aromatic rings. The summed E-state index contributed by atoms with van der Waals surface area (Å²) in [5.74, 6) is 0.754. The SMILES string of the molecule is CN(Cc1ccccc1)c1ccc(C(=O)N2CCCC2)nn1. The first-order valence-corrected chi connectivity index (χ1v) is 7.62. The number of nitrogens with zero attached hydrogens (tertiary/aromatic N) is 4. The van der Waals surface area contributed by atoms with Gasteiger partial charge in [0.2, 0.25) is 0 Å². The zero-order valence-corrected chi connectivity index (χ0v) is 12.8. The molecule has 5 nitrogen and oxygen atoms in total. The fourth-order valence-electron chi connectivity index (χ4n) is 2.66. The van der Waals surface area contributed by atoms with Crippen LogP contribution in [0.15, 0.2) is 42.5 Å². The Bertz CT molecular complexity index is 621. The van der Waals surface area contributed by atoms with Crippen LogP contribution in [-0.2, 0) is 6.54 Å². The van der Waals surface area contributed by atoms with Crippen LogP contribution in [0.1, 0.15) is 28.9 Å². The highest BCUT2D eigenvalue weighted by Gasteiger charge is 2.21. The lowest BCUT2D eigenvalue weighted by atomic mass is 10.2. The Morgan fingerprint density at radius 3 is 2.45 bits per heavy atom. The minimum absolute atomic E-state index is 0.0118. The zero-order chi connectivity index (χ0) is 15.4. The van der Waals surface area contributed by atoms with Crippen molar-refractivity contribution in [1.29, 1.82) is 0 Å². The van der Waals surface area contributed by atoms with E-state index in [4.69, 9.17) is 0 Å². The minimum atomic E-state index is -0.0118. The van der Waals surface area contributed by atoms with Crippen LogP contribution in [0.4, 0.5) is 5.82 Å². The van der Waals surface area contributed by atoms with Crippen molar-refractivity contribution in [3.8, 4) is 0 Å². The van der Waals surface area contributed by atoms with E-state index in [9.17, 15) is 4.79 Å². The van der Waals surface area contributed by atoms with E-state index >= 15 is 0 Å². The van der Waals surface area contributed by atoms with Gasteiger partial charge in [-0.1, -0.05) is 30.3 Å². The van der Waals surface area contributed by atoms with Crippen LogP contribution in [0.3, 0.4) is 0 Å². The Morgan fingerprint density at radius 2 is 1.82 bits per heavy atom. The van der Waals surface area contributed by atoms with Crippen molar-refractivity contribution in [2.45, 2.75) is 19.4 Å². The van der Waals surface area contributed by atoms with Gasteiger partial charge >= 0.3 is 0 Å². The van der Waals surface area contributed by atoms with Gasteiger partial charge in [-0.15, -0.1) is 10.2 Å². The first kappa shape index (κ1) is 14.5. The van der Waals surface area contributed by atoms with Gasteiger partial charge in [0.05, 0.1) is 0 Å². The van der Waals surface area contributed by atoms with Crippen molar-refractivity contribution in [2.24, 2.45) is 0 Å². The van der Waals surface area contributed by atoms with Gasteiger partial charge in [0.25, 0.3) is 5.91 Å². The van der Waals surface area contributed by atoms with Crippen molar-refractivity contribution < 1.29 is 4.79 Å². The summed E-state index contributed by atoms with van der Waals surface area (Å²) >= 11 is 0. The van der Waals surface area contributed by atoms with Crippen molar-refractivity contribution in [3.05, 3.63) is 53.7 Å². The van der Waals surface area contributed by atoms with E-state index < -0.39 is 0 Å². The lowest BCUT2D eigenvalue weighted by Crippen LogP contribution is -2.29. The van der Waals surface area contributed by atoms with Crippen molar-refractivity contribution in [2.75, 3.05) is 25.0 Å². The third kappa shape index (κ3) is 3.24. The van der Waals surface area contributed by atoms with E-state index in [2.05, 4.69) is 22.3 Å². The topological polar surface area (TPSA) is 49.3 Å². The fraction of sp³-hybridized carbons (Fsp3) is 0.353. The third-order valence-electron chi connectivity index (χ3n) is 3.92. The highest BCUT2D eigenvalue weighted by molar-refractivity contribution is 5.92. The molecule has 0 bridgehead atoms. The number of carbonyl (C=O) groups is 1. The Kier molecular flexibility index (Phi) is 4.32. The maximum Gasteiger partial charge on any atom is 0.274 e. The van der Waals surface area contributed by atoms with E-state index in [1.54, 1.807) is 6.07 Å². The number of likely N-dealkylation sites (tertiary alicyclic amines) is 1. The molecule has 1 saturated heterocycles. The average Bonchev–Trinajstić information content (AvgIpc) is 3.10. The molecule has 1 amide bonds. The lowest BCUT2D eigenvalue weighted by molar-refractivity contribution is 0.0786. The molecule has 1 aromatic carbocycles. The first-order valence-electron chi connectivity index (χ1n) is 7.62. The predicted octanol–water partition coefficient (Wildman–Crippen LogP) is 2.35. The molecular formula is C17H20N4O. The molecule has 0 aliphatic carbocycles. The second-order valence-electron chi connectivity index (χ2n) is 5.62. The van der Waals surface area contributed by atoms with E-state index in [1.807, 2.05) is 41.1 Å². The Balaban J connectivity index is 1.67. The summed E-state index contributed by atoms with van der Waals surface area (Å²) in [5.41, 5.74) is 1.64. The van der Waals surface area contributed by atoms with E-state index in [0.29, 0.717) is 5.69 Å². The number of rotatable bonds is 4. The van der Waals surface area contributed by atoms with Crippen LogP contribution in [0.2, 0.25) is 0 Å². The van der Waals surface area contributed by atoms with Crippen LogP contribution in [0.25, 0.3) is 0 Å². The van der Waals surface area contributed by atoms with Crippen LogP contribution in [0, 0.1) is 0 Å².